The third-order valence-corrected chi connectivity index (χ3v) is 2.46. The SMILES string of the molecule is NCCn1c(CN)cc2ccccc21. The summed E-state index contributed by atoms with van der Waals surface area (Å²) in [6, 6.07) is 10.4. The van der Waals surface area contributed by atoms with Crippen molar-refractivity contribution in [2.24, 2.45) is 11.5 Å². The molecule has 0 radical (unpaired) electrons. The first-order valence-corrected chi connectivity index (χ1v) is 4.84. The Morgan fingerprint density at radius 2 is 1.93 bits per heavy atom. The number of hydrogen-bond donors (Lipinski definition) is 2. The lowest BCUT2D eigenvalue weighted by atomic mass is 10.2. The molecule has 3 nitrogen and oxygen atoms in total. The van der Waals surface area contributed by atoms with Crippen LogP contribution in [0.5, 0.6) is 0 Å². The highest BCUT2D eigenvalue weighted by Gasteiger charge is 2.05. The van der Waals surface area contributed by atoms with Crippen molar-refractivity contribution in [1.82, 2.24) is 4.57 Å². The van der Waals surface area contributed by atoms with Crippen LogP contribution in [-0.4, -0.2) is 11.1 Å². The molecule has 0 spiro atoms. The minimum atomic E-state index is 0.564. The number of hydrogen-bond acceptors (Lipinski definition) is 2. The number of nitrogens with zero attached hydrogens (tertiary/aromatic N) is 1. The standard InChI is InChI=1S/C11H15N3/c12-5-6-14-10(8-13)7-9-3-1-2-4-11(9)14/h1-4,7H,5-6,8,12-13H2. The lowest BCUT2D eigenvalue weighted by Crippen LogP contribution is -2.13. The summed E-state index contributed by atoms with van der Waals surface area (Å²) in [5, 5.41) is 1.24. The van der Waals surface area contributed by atoms with Gasteiger partial charge >= 0.3 is 0 Å². The summed E-state index contributed by atoms with van der Waals surface area (Å²) in [7, 11) is 0. The minimum Gasteiger partial charge on any atom is -0.342 e. The van der Waals surface area contributed by atoms with Crippen LogP contribution in [-0.2, 0) is 13.1 Å². The quantitative estimate of drug-likeness (QED) is 0.758. The van der Waals surface area contributed by atoms with Crippen molar-refractivity contribution in [3.05, 3.63) is 36.0 Å². The third-order valence-electron chi connectivity index (χ3n) is 2.46. The molecule has 2 rings (SSSR count). The zero-order valence-corrected chi connectivity index (χ0v) is 8.11. The molecular weight excluding hydrogens is 174 g/mol. The Morgan fingerprint density at radius 3 is 2.64 bits per heavy atom. The Labute approximate surface area is 83.3 Å². The van der Waals surface area contributed by atoms with E-state index in [1.807, 2.05) is 12.1 Å². The normalized spacial score (nSPS) is 11.0. The van der Waals surface area contributed by atoms with Crippen LogP contribution in [0.3, 0.4) is 0 Å². The van der Waals surface area contributed by atoms with Gasteiger partial charge < -0.3 is 16.0 Å². The minimum absolute atomic E-state index is 0.564. The van der Waals surface area contributed by atoms with Crippen LogP contribution in [0.25, 0.3) is 10.9 Å². The molecule has 0 saturated heterocycles. The van der Waals surface area contributed by atoms with Gasteiger partial charge in [-0.25, -0.2) is 0 Å². The van der Waals surface area contributed by atoms with E-state index in [1.54, 1.807) is 0 Å². The molecule has 0 saturated carbocycles. The lowest BCUT2D eigenvalue weighted by Gasteiger charge is -2.06. The molecule has 0 amide bonds. The van der Waals surface area contributed by atoms with Crippen LogP contribution in [0.4, 0.5) is 0 Å². The van der Waals surface area contributed by atoms with Crippen molar-refractivity contribution in [2.75, 3.05) is 6.54 Å². The Morgan fingerprint density at radius 1 is 1.14 bits per heavy atom. The zero-order valence-electron chi connectivity index (χ0n) is 8.11. The molecule has 1 aromatic carbocycles. The molecule has 0 fully saturated rings. The summed E-state index contributed by atoms with van der Waals surface area (Å²) >= 11 is 0. The lowest BCUT2D eigenvalue weighted by molar-refractivity contribution is 0.694. The van der Waals surface area contributed by atoms with Crippen molar-refractivity contribution in [1.29, 1.82) is 0 Å². The first-order valence-electron chi connectivity index (χ1n) is 4.84. The second-order valence-electron chi connectivity index (χ2n) is 3.34. The molecule has 0 aliphatic rings. The second-order valence-corrected chi connectivity index (χ2v) is 3.34. The maximum Gasteiger partial charge on any atom is 0.0483 e. The smallest absolute Gasteiger partial charge is 0.0483 e. The molecule has 0 unspecified atom stereocenters. The topological polar surface area (TPSA) is 57.0 Å². The van der Waals surface area contributed by atoms with Gasteiger partial charge in [0.15, 0.2) is 0 Å². The fourth-order valence-electron chi connectivity index (χ4n) is 1.83. The van der Waals surface area contributed by atoms with Crippen molar-refractivity contribution >= 4 is 10.9 Å². The van der Waals surface area contributed by atoms with Gasteiger partial charge in [-0.3, -0.25) is 0 Å². The van der Waals surface area contributed by atoms with Gasteiger partial charge in [0.05, 0.1) is 0 Å². The first kappa shape index (κ1) is 9.24. The van der Waals surface area contributed by atoms with E-state index >= 15 is 0 Å². The first-order chi connectivity index (χ1) is 6.86. The Balaban J connectivity index is 2.61. The Kier molecular flexibility index (Phi) is 2.52. The second kappa shape index (κ2) is 3.82. The molecule has 2 aromatic rings. The molecular formula is C11H15N3. The highest BCUT2D eigenvalue weighted by Crippen LogP contribution is 2.18. The van der Waals surface area contributed by atoms with E-state index in [0.717, 1.165) is 12.2 Å². The van der Waals surface area contributed by atoms with Crippen molar-refractivity contribution in [3.8, 4) is 0 Å². The molecule has 1 heterocycles. The average molecular weight is 189 g/mol. The van der Waals surface area contributed by atoms with Crippen LogP contribution >= 0.6 is 0 Å². The van der Waals surface area contributed by atoms with Gasteiger partial charge in [0, 0.05) is 30.8 Å². The van der Waals surface area contributed by atoms with Gasteiger partial charge in [0.25, 0.3) is 0 Å². The van der Waals surface area contributed by atoms with E-state index in [9.17, 15) is 0 Å². The molecule has 14 heavy (non-hydrogen) atoms. The van der Waals surface area contributed by atoms with E-state index in [1.165, 1.54) is 10.9 Å². The molecule has 0 bridgehead atoms. The zero-order chi connectivity index (χ0) is 9.97. The van der Waals surface area contributed by atoms with Gasteiger partial charge in [0.2, 0.25) is 0 Å². The fraction of sp³-hybridized carbons (Fsp3) is 0.273. The van der Waals surface area contributed by atoms with Crippen LogP contribution < -0.4 is 11.5 Å². The van der Waals surface area contributed by atoms with Crippen LogP contribution in [0, 0.1) is 0 Å². The van der Waals surface area contributed by atoms with Crippen LogP contribution in [0.15, 0.2) is 30.3 Å². The van der Waals surface area contributed by atoms with E-state index in [0.29, 0.717) is 13.1 Å². The summed E-state index contributed by atoms with van der Waals surface area (Å²) in [4.78, 5) is 0. The van der Waals surface area contributed by atoms with Crippen molar-refractivity contribution in [3.63, 3.8) is 0 Å². The number of rotatable bonds is 3. The summed E-state index contributed by atoms with van der Waals surface area (Å²) < 4.78 is 2.19. The van der Waals surface area contributed by atoms with E-state index in [2.05, 4.69) is 22.8 Å². The van der Waals surface area contributed by atoms with Crippen molar-refractivity contribution in [2.45, 2.75) is 13.1 Å². The number of benzene rings is 1. The Hall–Kier alpha value is -1.32. The summed E-state index contributed by atoms with van der Waals surface area (Å²) in [5.74, 6) is 0. The van der Waals surface area contributed by atoms with Crippen LogP contribution in [0.1, 0.15) is 5.69 Å². The number of nitrogens with two attached hydrogens (primary N) is 2. The molecule has 0 aliphatic carbocycles. The van der Waals surface area contributed by atoms with Gasteiger partial charge in [0.1, 0.15) is 0 Å². The van der Waals surface area contributed by atoms with Crippen molar-refractivity contribution < 1.29 is 0 Å². The summed E-state index contributed by atoms with van der Waals surface area (Å²) in [6.45, 7) is 2.04. The summed E-state index contributed by atoms with van der Waals surface area (Å²) in [6.07, 6.45) is 0. The van der Waals surface area contributed by atoms with Crippen LogP contribution in [0.2, 0.25) is 0 Å². The van der Waals surface area contributed by atoms with E-state index < -0.39 is 0 Å². The number of fused-ring (bicyclic) bond motifs is 1. The average Bonchev–Trinajstić information content (AvgIpc) is 2.58. The van der Waals surface area contributed by atoms with E-state index in [-0.39, 0.29) is 0 Å². The third kappa shape index (κ3) is 1.41. The highest BCUT2D eigenvalue weighted by molar-refractivity contribution is 5.81. The molecule has 1 aromatic heterocycles. The number of para-hydroxylation sites is 1. The van der Waals surface area contributed by atoms with Gasteiger partial charge in [-0.15, -0.1) is 0 Å². The molecule has 0 aliphatic heterocycles. The van der Waals surface area contributed by atoms with Gasteiger partial charge in [-0.05, 0) is 17.5 Å². The fourth-order valence-corrected chi connectivity index (χ4v) is 1.83. The monoisotopic (exact) mass is 189 g/mol. The van der Waals surface area contributed by atoms with E-state index in [4.69, 9.17) is 11.5 Å². The van der Waals surface area contributed by atoms with Gasteiger partial charge in [-0.1, -0.05) is 18.2 Å². The molecule has 0 atom stereocenters. The maximum absolute atomic E-state index is 5.68. The predicted molar refractivity (Wildman–Crippen MR) is 58.9 cm³/mol. The highest BCUT2D eigenvalue weighted by atomic mass is 15.0. The van der Waals surface area contributed by atoms with Gasteiger partial charge in [-0.2, -0.15) is 0 Å². The largest absolute Gasteiger partial charge is 0.342 e. The predicted octanol–water partition coefficient (Wildman–Crippen LogP) is 1.06. The molecule has 4 N–H and O–H groups in total. The molecule has 3 heteroatoms. The maximum atomic E-state index is 5.68. The molecule has 74 valence electrons. The summed E-state index contributed by atoms with van der Waals surface area (Å²) in [5.41, 5.74) is 13.6. The Bertz CT molecular complexity index is 431. The number of aromatic nitrogens is 1.